The van der Waals surface area contributed by atoms with Gasteiger partial charge in [0, 0.05) is 24.3 Å². The largest absolute Gasteiger partial charge is 0.377 e. The predicted octanol–water partition coefficient (Wildman–Crippen LogP) is 2.80. The Hall–Kier alpha value is -0.540. The van der Waals surface area contributed by atoms with Crippen molar-refractivity contribution in [1.29, 1.82) is 0 Å². The average molecular weight is 271 g/mol. The van der Waals surface area contributed by atoms with Crippen molar-refractivity contribution in [3.05, 3.63) is 28.2 Å². The molecule has 1 aromatic carbocycles. The first-order valence-electron chi connectivity index (χ1n) is 5.31. The third-order valence-corrected chi connectivity index (χ3v) is 3.20. The number of benzene rings is 1. The summed E-state index contributed by atoms with van der Waals surface area (Å²) in [6.07, 6.45) is 3.33. The lowest BCUT2D eigenvalue weighted by molar-refractivity contribution is 0.742. The molecular formula is C12H19BrN2. The van der Waals surface area contributed by atoms with Gasteiger partial charge >= 0.3 is 0 Å². The highest BCUT2D eigenvalue weighted by Gasteiger charge is 2.07. The highest BCUT2D eigenvalue weighted by atomic mass is 79.9. The summed E-state index contributed by atoms with van der Waals surface area (Å²) in [5.41, 5.74) is 8.18. The van der Waals surface area contributed by atoms with Gasteiger partial charge in [0.25, 0.3) is 0 Å². The molecule has 0 amide bonds. The van der Waals surface area contributed by atoms with Gasteiger partial charge in [-0.25, -0.2) is 0 Å². The normalized spacial score (nSPS) is 10.4. The van der Waals surface area contributed by atoms with Crippen molar-refractivity contribution < 1.29 is 0 Å². The molecule has 0 bridgehead atoms. The molecule has 1 aromatic rings. The van der Waals surface area contributed by atoms with Gasteiger partial charge < -0.3 is 10.6 Å². The molecule has 0 saturated carbocycles. The number of hydrogen-bond donors (Lipinski definition) is 1. The van der Waals surface area contributed by atoms with Gasteiger partial charge in [0.1, 0.15) is 0 Å². The quantitative estimate of drug-likeness (QED) is 0.834. The summed E-state index contributed by atoms with van der Waals surface area (Å²) in [6.45, 7) is 0.780. The topological polar surface area (TPSA) is 29.3 Å². The second kappa shape index (κ2) is 6.13. The Morgan fingerprint density at radius 1 is 1.27 bits per heavy atom. The van der Waals surface area contributed by atoms with Crippen LogP contribution in [0, 0.1) is 0 Å². The summed E-state index contributed by atoms with van der Waals surface area (Å²) in [6, 6.07) is 6.33. The maximum absolute atomic E-state index is 5.51. The van der Waals surface area contributed by atoms with Gasteiger partial charge in [-0.2, -0.15) is 0 Å². The summed E-state index contributed by atoms with van der Waals surface area (Å²) < 4.78 is 1.20. The highest BCUT2D eigenvalue weighted by Crippen LogP contribution is 2.28. The molecule has 0 spiro atoms. The van der Waals surface area contributed by atoms with E-state index in [1.54, 1.807) is 0 Å². The molecular weight excluding hydrogens is 252 g/mol. The van der Waals surface area contributed by atoms with Crippen LogP contribution in [0.1, 0.15) is 18.4 Å². The molecule has 0 aliphatic carbocycles. The molecule has 1 rings (SSSR count). The van der Waals surface area contributed by atoms with Crippen LogP contribution in [0.15, 0.2) is 22.7 Å². The van der Waals surface area contributed by atoms with Crippen LogP contribution in [0.2, 0.25) is 0 Å². The average Bonchev–Trinajstić information content (AvgIpc) is 2.20. The molecule has 0 saturated heterocycles. The monoisotopic (exact) mass is 270 g/mol. The molecule has 2 N–H and O–H groups in total. The molecule has 0 radical (unpaired) electrons. The van der Waals surface area contributed by atoms with E-state index in [-0.39, 0.29) is 0 Å². The van der Waals surface area contributed by atoms with Crippen molar-refractivity contribution in [2.45, 2.75) is 19.3 Å². The number of nitrogens with two attached hydrogens (primary N) is 1. The number of hydrogen-bond acceptors (Lipinski definition) is 2. The van der Waals surface area contributed by atoms with Crippen molar-refractivity contribution in [3.63, 3.8) is 0 Å². The van der Waals surface area contributed by atoms with Crippen LogP contribution in [0.5, 0.6) is 0 Å². The molecule has 0 unspecified atom stereocenters. The molecule has 0 aliphatic rings. The first kappa shape index (κ1) is 12.5. The van der Waals surface area contributed by atoms with E-state index in [2.05, 4.69) is 53.1 Å². The Bertz CT molecular complexity index is 310. The molecule has 15 heavy (non-hydrogen) atoms. The van der Waals surface area contributed by atoms with E-state index in [1.807, 2.05) is 0 Å². The third kappa shape index (κ3) is 3.50. The summed E-state index contributed by atoms with van der Waals surface area (Å²) >= 11 is 3.61. The Kier molecular flexibility index (Phi) is 5.12. The van der Waals surface area contributed by atoms with Crippen LogP contribution in [0.4, 0.5) is 5.69 Å². The minimum absolute atomic E-state index is 0.780. The van der Waals surface area contributed by atoms with Crippen molar-refractivity contribution in [1.82, 2.24) is 0 Å². The number of halogens is 1. The molecule has 0 fully saturated rings. The zero-order valence-corrected chi connectivity index (χ0v) is 11.0. The minimum atomic E-state index is 0.780. The van der Waals surface area contributed by atoms with Gasteiger partial charge in [-0.15, -0.1) is 0 Å². The number of nitrogens with zero attached hydrogens (tertiary/aromatic N) is 1. The van der Waals surface area contributed by atoms with Crippen LogP contribution in [0.3, 0.4) is 0 Å². The molecule has 2 nitrogen and oxygen atoms in total. The second-order valence-corrected chi connectivity index (χ2v) is 4.73. The van der Waals surface area contributed by atoms with E-state index in [1.165, 1.54) is 15.7 Å². The number of rotatable bonds is 5. The third-order valence-electron chi connectivity index (χ3n) is 2.46. The lowest BCUT2D eigenvalue weighted by atomic mass is 10.1. The maximum atomic E-state index is 5.51. The summed E-state index contributed by atoms with van der Waals surface area (Å²) in [5.74, 6) is 0. The Morgan fingerprint density at radius 2 is 2.00 bits per heavy atom. The zero-order chi connectivity index (χ0) is 11.3. The minimum Gasteiger partial charge on any atom is -0.377 e. The van der Waals surface area contributed by atoms with Crippen molar-refractivity contribution in [3.8, 4) is 0 Å². The fourth-order valence-electron chi connectivity index (χ4n) is 1.66. The standard InChI is InChI=1S/C12H19BrN2/c1-15(2)12-8-5-7-11(13)10(12)6-3-4-9-14/h5,7-8H,3-4,6,9,14H2,1-2H3. The lowest BCUT2D eigenvalue weighted by Gasteiger charge is -2.18. The van der Waals surface area contributed by atoms with Gasteiger partial charge in [0.05, 0.1) is 0 Å². The molecule has 0 aliphatic heterocycles. The first-order chi connectivity index (χ1) is 7.16. The van der Waals surface area contributed by atoms with E-state index in [0.29, 0.717) is 0 Å². The van der Waals surface area contributed by atoms with Crippen LogP contribution >= 0.6 is 15.9 Å². The fourth-order valence-corrected chi connectivity index (χ4v) is 2.21. The van der Waals surface area contributed by atoms with Gasteiger partial charge in [0.2, 0.25) is 0 Å². The molecule has 0 atom stereocenters. The van der Waals surface area contributed by atoms with E-state index < -0.39 is 0 Å². The van der Waals surface area contributed by atoms with E-state index in [4.69, 9.17) is 5.73 Å². The smallest absolute Gasteiger partial charge is 0.0404 e. The van der Waals surface area contributed by atoms with Crippen LogP contribution < -0.4 is 10.6 Å². The molecule has 3 heteroatoms. The lowest BCUT2D eigenvalue weighted by Crippen LogP contribution is -2.12. The van der Waals surface area contributed by atoms with Gasteiger partial charge in [0.15, 0.2) is 0 Å². The summed E-state index contributed by atoms with van der Waals surface area (Å²) in [4.78, 5) is 2.16. The number of unbranched alkanes of at least 4 members (excludes halogenated alkanes) is 1. The first-order valence-corrected chi connectivity index (χ1v) is 6.11. The van der Waals surface area contributed by atoms with Gasteiger partial charge in [-0.3, -0.25) is 0 Å². The van der Waals surface area contributed by atoms with E-state index in [0.717, 1.165) is 25.8 Å². The Labute approximate surface area is 101 Å². The maximum Gasteiger partial charge on any atom is 0.0404 e. The summed E-state index contributed by atoms with van der Waals surface area (Å²) in [5, 5.41) is 0. The van der Waals surface area contributed by atoms with Crippen molar-refractivity contribution in [2.75, 3.05) is 25.5 Å². The van der Waals surface area contributed by atoms with Crippen LogP contribution in [-0.2, 0) is 6.42 Å². The SMILES string of the molecule is CN(C)c1cccc(Br)c1CCCCN. The second-order valence-electron chi connectivity index (χ2n) is 3.88. The highest BCUT2D eigenvalue weighted by molar-refractivity contribution is 9.10. The summed E-state index contributed by atoms with van der Waals surface area (Å²) in [7, 11) is 4.16. The molecule has 84 valence electrons. The van der Waals surface area contributed by atoms with E-state index in [9.17, 15) is 0 Å². The van der Waals surface area contributed by atoms with Crippen molar-refractivity contribution >= 4 is 21.6 Å². The number of anilines is 1. The predicted molar refractivity (Wildman–Crippen MR) is 70.5 cm³/mol. The zero-order valence-electron chi connectivity index (χ0n) is 9.46. The van der Waals surface area contributed by atoms with Crippen LogP contribution in [0.25, 0.3) is 0 Å². The Balaban J connectivity index is 2.82. The van der Waals surface area contributed by atoms with Crippen LogP contribution in [-0.4, -0.2) is 20.6 Å². The van der Waals surface area contributed by atoms with Crippen molar-refractivity contribution in [2.24, 2.45) is 5.73 Å². The van der Waals surface area contributed by atoms with Gasteiger partial charge in [-0.1, -0.05) is 22.0 Å². The van der Waals surface area contributed by atoms with E-state index >= 15 is 0 Å². The van der Waals surface area contributed by atoms with Gasteiger partial charge in [-0.05, 0) is 43.5 Å². The Morgan fingerprint density at radius 3 is 2.60 bits per heavy atom. The molecule has 0 aromatic heterocycles. The fraction of sp³-hybridized carbons (Fsp3) is 0.500. The molecule has 0 heterocycles.